The summed E-state index contributed by atoms with van der Waals surface area (Å²) in [6.07, 6.45) is 7.37. The molecule has 44 heavy (non-hydrogen) atoms. The van der Waals surface area contributed by atoms with Gasteiger partial charge in [-0.1, -0.05) is 91.4 Å². The van der Waals surface area contributed by atoms with Crippen molar-refractivity contribution in [1.29, 1.82) is 0 Å². The van der Waals surface area contributed by atoms with E-state index in [2.05, 4.69) is 25.8 Å². The fraction of sp³-hybridized carbons (Fsp3) is 0.833. The minimum absolute atomic E-state index is 0.0550. The first-order valence-corrected chi connectivity index (χ1v) is 17.6. The Morgan fingerprint density at radius 3 is 2.05 bits per heavy atom. The van der Waals surface area contributed by atoms with E-state index in [0.29, 0.717) is 23.8 Å². The lowest BCUT2D eigenvalue weighted by molar-refractivity contribution is -0.176. The molecule has 3 atom stereocenters. The first-order chi connectivity index (χ1) is 21.1. The van der Waals surface area contributed by atoms with Gasteiger partial charge >= 0.3 is 25.4 Å². The Morgan fingerprint density at radius 1 is 0.932 bits per heavy atom. The van der Waals surface area contributed by atoms with Crippen LogP contribution in [0, 0.1) is 0 Å². The van der Waals surface area contributed by atoms with Crippen LogP contribution in [0.2, 0.25) is 0 Å². The quantitative estimate of drug-likeness (QED) is 0.0686. The number of halogens is 2. The van der Waals surface area contributed by atoms with Gasteiger partial charge in [-0.3, -0.25) is 22.9 Å². The van der Waals surface area contributed by atoms with E-state index in [1.165, 1.54) is 6.07 Å². The van der Waals surface area contributed by atoms with Gasteiger partial charge in [0.1, 0.15) is 11.9 Å². The maximum atomic E-state index is 15.8. The van der Waals surface area contributed by atoms with E-state index >= 15 is 8.78 Å². The third-order valence-corrected chi connectivity index (χ3v) is 8.80. The second kappa shape index (κ2) is 20.3. The fourth-order valence-electron chi connectivity index (χ4n) is 4.79. The number of alkyl halides is 2. The van der Waals surface area contributed by atoms with Crippen molar-refractivity contribution in [1.82, 2.24) is 9.55 Å². The molecule has 0 saturated carbocycles. The molecule has 14 heteroatoms. The molecule has 1 aliphatic heterocycles. The average molecular weight is 652 g/mol. The third kappa shape index (κ3) is 12.8. The lowest BCUT2D eigenvalue weighted by Gasteiger charge is -2.25. The molecule has 0 radical (unpaired) electrons. The Bertz CT molecular complexity index is 1060. The molecule has 1 aromatic rings. The number of carbonyl (C=O) groups excluding carboxylic acids is 1. The molecule has 0 unspecified atom stereocenters. The second-order valence-corrected chi connectivity index (χ2v) is 12.9. The van der Waals surface area contributed by atoms with Gasteiger partial charge in [-0.2, -0.15) is 13.8 Å². The molecule has 1 saturated heterocycles. The number of phosphoric acid groups is 1. The van der Waals surface area contributed by atoms with Crippen molar-refractivity contribution in [3.05, 3.63) is 22.7 Å². The standard InChI is InChI=1S/C30H52F2N3O8P/c1-4-7-10-13-14-15-18-26(36)43-27-24(42-28(30(27,31)32)35-20-19-25(33)34-29(35)37)23-41-44(38,39-21-16-11-8-5-2)40-22-17-12-9-6-3/h19-20,24,27-28H,4-18,21-23H2,1-3H3,(H2,33,34,37)/t24-,27-,28-/m1/s1. The number of anilines is 1. The molecule has 2 heterocycles. The summed E-state index contributed by atoms with van der Waals surface area (Å²) < 4.78 is 73.2. The normalized spacial score (nSPS) is 19.8. The van der Waals surface area contributed by atoms with E-state index in [4.69, 9.17) is 28.8 Å². The lowest BCUT2D eigenvalue weighted by Crippen LogP contribution is -2.44. The topological polar surface area (TPSA) is 141 Å². The number of phosphoric ester groups is 1. The van der Waals surface area contributed by atoms with Crippen LogP contribution in [0.5, 0.6) is 0 Å². The van der Waals surface area contributed by atoms with Gasteiger partial charge in [0.2, 0.25) is 6.23 Å². The molecular weight excluding hydrogens is 599 g/mol. The van der Waals surface area contributed by atoms with E-state index in [9.17, 15) is 14.2 Å². The van der Waals surface area contributed by atoms with E-state index < -0.39 is 50.4 Å². The van der Waals surface area contributed by atoms with Crippen molar-refractivity contribution in [2.24, 2.45) is 0 Å². The SMILES string of the molecule is CCCCCCCCC(=O)O[C@@H]1[C@@H](COP(=O)(OCCCCCC)OCCCCCC)O[C@@H](n2ccc(N)nc2=O)C1(F)F. The number of unbranched alkanes of at least 4 members (excludes halogenated alkanes) is 11. The van der Waals surface area contributed by atoms with Gasteiger partial charge in [-0.25, -0.2) is 9.36 Å². The lowest BCUT2D eigenvalue weighted by atomic mass is 10.1. The van der Waals surface area contributed by atoms with Crippen LogP contribution in [0.1, 0.15) is 123 Å². The van der Waals surface area contributed by atoms with Gasteiger partial charge in [-0.15, -0.1) is 0 Å². The zero-order valence-corrected chi connectivity index (χ0v) is 27.5. The molecule has 0 spiro atoms. The zero-order chi connectivity index (χ0) is 32.4. The first-order valence-electron chi connectivity index (χ1n) is 16.2. The Kier molecular flexibility index (Phi) is 17.6. The molecule has 2 rings (SSSR count). The number of aromatic nitrogens is 2. The summed E-state index contributed by atoms with van der Waals surface area (Å²) in [5.41, 5.74) is 4.46. The molecule has 1 aliphatic rings. The summed E-state index contributed by atoms with van der Waals surface area (Å²) in [5, 5.41) is 0. The average Bonchev–Trinajstić information content (AvgIpc) is 3.22. The Labute approximate surface area is 260 Å². The van der Waals surface area contributed by atoms with E-state index in [-0.39, 0.29) is 25.5 Å². The maximum absolute atomic E-state index is 15.8. The van der Waals surface area contributed by atoms with Gasteiger partial charge in [0.25, 0.3) is 0 Å². The predicted molar refractivity (Wildman–Crippen MR) is 163 cm³/mol. The molecule has 1 fully saturated rings. The highest BCUT2D eigenvalue weighted by Crippen LogP contribution is 2.52. The van der Waals surface area contributed by atoms with Crippen LogP contribution in [-0.4, -0.2) is 53.5 Å². The van der Waals surface area contributed by atoms with Crippen LogP contribution in [0.3, 0.4) is 0 Å². The minimum atomic E-state index is -4.17. The molecule has 0 aliphatic carbocycles. The second-order valence-electron chi connectivity index (χ2n) is 11.2. The summed E-state index contributed by atoms with van der Waals surface area (Å²) in [7, 11) is -4.17. The number of esters is 1. The number of nitrogens with two attached hydrogens (primary N) is 1. The van der Waals surface area contributed by atoms with E-state index in [1.807, 2.05) is 0 Å². The Hall–Kier alpha value is -1.92. The molecule has 0 aromatic carbocycles. The molecule has 11 nitrogen and oxygen atoms in total. The summed E-state index contributed by atoms with van der Waals surface area (Å²) in [6.45, 7) is 5.72. The van der Waals surface area contributed by atoms with Crippen molar-refractivity contribution in [3.8, 4) is 0 Å². The van der Waals surface area contributed by atoms with Crippen LogP contribution in [-0.2, 0) is 32.4 Å². The first kappa shape index (κ1) is 38.3. The zero-order valence-electron chi connectivity index (χ0n) is 26.6. The number of nitrogens with zero attached hydrogens (tertiary/aromatic N) is 2. The number of nitrogen functional groups attached to an aromatic ring is 1. The van der Waals surface area contributed by atoms with Crippen LogP contribution in [0.4, 0.5) is 14.6 Å². The number of hydrogen-bond donors (Lipinski definition) is 1. The number of carbonyl (C=O) groups is 1. The van der Waals surface area contributed by atoms with Crippen molar-refractivity contribution in [2.45, 2.75) is 141 Å². The van der Waals surface area contributed by atoms with Crippen LogP contribution in [0.15, 0.2) is 17.1 Å². The smallest absolute Gasteiger partial charge is 0.453 e. The number of hydrogen-bond acceptors (Lipinski definition) is 10. The Morgan fingerprint density at radius 2 is 1.48 bits per heavy atom. The number of rotatable bonds is 24. The third-order valence-electron chi connectivity index (χ3n) is 7.34. The molecular formula is C30H52F2N3O8P. The number of ether oxygens (including phenoxy) is 2. The van der Waals surface area contributed by atoms with E-state index in [0.717, 1.165) is 76.8 Å². The van der Waals surface area contributed by atoms with Gasteiger partial charge in [0.05, 0.1) is 19.8 Å². The summed E-state index contributed by atoms with van der Waals surface area (Å²) >= 11 is 0. The highest BCUT2D eigenvalue weighted by Gasteiger charge is 2.62. The Balaban J connectivity index is 2.18. The van der Waals surface area contributed by atoms with E-state index in [1.54, 1.807) is 0 Å². The largest absolute Gasteiger partial charge is 0.474 e. The molecule has 0 bridgehead atoms. The molecule has 0 amide bonds. The van der Waals surface area contributed by atoms with Gasteiger partial charge in [-0.05, 0) is 25.3 Å². The monoisotopic (exact) mass is 651 g/mol. The van der Waals surface area contributed by atoms with Crippen LogP contribution < -0.4 is 11.4 Å². The summed E-state index contributed by atoms with van der Waals surface area (Å²) in [6, 6.07) is 1.18. The fourth-order valence-corrected chi connectivity index (χ4v) is 6.05. The molecule has 2 N–H and O–H groups in total. The van der Waals surface area contributed by atoms with Crippen molar-refractivity contribution >= 4 is 19.6 Å². The summed E-state index contributed by atoms with van der Waals surface area (Å²) in [5.74, 6) is -4.84. The minimum Gasteiger partial charge on any atom is -0.453 e. The van der Waals surface area contributed by atoms with Crippen molar-refractivity contribution < 1.29 is 41.2 Å². The maximum Gasteiger partial charge on any atom is 0.474 e. The molecule has 1 aromatic heterocycles. The van der Waals surface area contributed by atoms with Crippen molar-refractivity contribution in [2.75, 3.05) is 25.6 Å². The van der Waals surface area contributed by atoms with Gasteiger partial charge in [0, 0.05) is 12.6 Å². The van der Waals surface area contributed by atoms with Gasteiger partial charge < -0.3 is 15.2 Å². The predicted octanol–water partition coefficient (Wildman–Crippen LogP) is 7.34. The van der Waals surface area contributed by atoms with Crippen LogP contribution in [0.25, 0.3) is 0 Å². The molecule has 254 valence electrons. The van der Waals surface area contributed by atoms with Gasteiger partial charge in [0.15, 0.2) is 6.10 Å². The van der Waals surface area contributed by atoms with Crippen molar-refractivity contribution in [3.63, 3.8) is 0 Å². The summed E-state index contributed by atoms with van der Waals surface area (Å²) in [4.78, 5) is 28.6. The van der Waals surface area contributed by atoms with Crippen LogP contribution >= 0.6 is 7.82 Å². The highest BCUT2D eigenvalue weighted by atomic mass is 31.2. The highest BCUT2D eigenvalue weighted by molar-refractivity contribution is 7.48.